The van der Waals surface area contributed by atoms with Crippen molar-refractivity contribution >= 4 is 21.9 Å². The van der Waals surface area contributed by atoms with Gasteiger partial charge in [-0.25, -0.2) is 4.79 Å². The molecular weight excluding hydrogens is 416 g/mol. The lowest BCUT2D eigenvalue weighted by Crippen LogP contribution is -2.15. The maximum Gasteiger partial charge on any atom is 0.346 e. The quantitative estimate of drug-likeness (QED) is 0.675. The van der Waals surface area contributed by atoms with Crippen LogP contribution in [0.25, 0.3) is 0 Å². The fraction of sp³-hybridized carbons (Fsp3) is 0.350. The van der Waals surface area contributed by atoms with Gasteiger partial charge in [0.05, 0.1) is 13.2 Å². The Labute approximate surface area is 165 Å². The van der Waals surface area contributed by atoms with Crippen molar-refractivity contribution < 1.29 is 29.2 Å². The fourth-order valence-electron chi connectivity index (χ4n) is 3.10. The van der Waals surface area contributed by atoms with Crippen LogP contribution in [0.15, 0.2) is 28.7 Å². The maximum atomic E-state index is 12.7. The van der Waals surface area contributed by atoms with Crippen molar-refractivity contribution in [2.24, 2.45) is 5.92 Å². The molecular formula is C20H21BrO6. The highest BCUT2D eigenvalue weighted by Gasteiger charge is 2.29. The average Bonchev–Trinajstić information content (AvgIpc) is 2.59. The van der Waals surface area contributed by atoms with Gasteiger partial charge in [-0.3, -0.25) is 0 Å². The molecule has 1 aliphatic rings. The van der Waals surface area contributed by atoms with Crippen LogP contribution < -0.4 is 9.47 Å². The molecule has 1 unspecified atom stereocenters. The summed E-state index contributed by atoms with van der Waals surface area (Å²) in [5.74, 6) is 0.181. The zero-order valence-corrected chi connectivity index (χ0v) is 16.9. The summed E-state index contributed by atoms with van der Waals surface area (Å²) < 4.78 is 17.3. The Morgan fingerprint density at radius 3 is 2.70 bits per heavy atom. The lowest BCUT2D eigenvalue weighted by molar-refractivity contribution is 0.0454. The van der Waals surface area contributed by atoms with Crippen LogP contribution in [-0.4, -0.2) is 23.3 Å². The second-order valence-corrected chi connectivity index (χ2v) is 7.71. The average molecular weight is 437 g/mol. The van der Waals surface area contributed by atoms with Gasteiger partial charge in [-0.05, 0) is 36.6 Å². The number of carbonyl (C=O) groups is 1. The number of cyclic esters (lactones) is 1. The number of ether oxygens (including phenoxy) is 3. The number of aliphatic hydroxyl groups excluding tert-OH is 1. The highest BCUT2D eigenvalue weighted by Crippen LogP contribution is 2.44. The normalized spacial score (nSPS) is 14.4. The van der Waals surface area contributed by atoms with Crippen molar-refractivity contribution in [2.45, 2.75) is 33.0 Å². The fourth-order valence-corrected chi connectivity index (χ4v) is 3.59. The molecule has 1 atom stereocenters. The van der Waals surface area contributed by atoms with E-state index in [0.29, 0.717) is 22.0 Å². The molecule has 0 bridgehead atoms. The lowest BCUT2D eigenvalue weighted by Gasteiger charge is -2.23. The van der Waals surface area contributed by atoms with E-state index < -0.39 is 12.1 Å². The summed E-state index contributed by atoms with van der Waals surface area (Å²) >= 11 is 3.30. The first kappa shape index (κ1) is 19.5. The number of aromatic hydroxyl groups is 1. The van der Waals surface area contributed by atoms with Gasteiger partial charge in [0.2, 0.25) is 0 Å². The third-order valence-electron chi connectivity index (χ3n) is 4.29. The van der Waals surface area contributed by atoms with E-state index in [0.717, 1.165) is 0 Å². The standard InChI is InChI=1S/C20H21BrO6/c1-10(2)6-14(22)13-4-5-16-17(19(13)25-3)20(24)26-9-11-7-12(21)8-15(23)18(11)27-16/h4-5,7-8,10,14,22-23H,6,9H2,1-3H3. The molecule has 1 heterocycles. The molecule has 6 nitrogen and oxygen atoms in total. The maximum absolute atomic E-state index is 12.7. The predicted octanol–water partition coefficient (Wildman–Crippen LogP) is 4.71. The molecule has 0 spiro atoms. The van der Waals surface area contributed by atoms with Crippen molar-refractivity contribution in [3.05, 3.63) is 45.4 Å². The highest BCUT2D eigenvalue weighted by molar-refractivity contribution is 9.10. The second-order valence-electron chi connectivity index (χ2n) is 6.80. The first-order valence-electron chi connectivity index (χ1n) is 8.57. The molecule has 2 aromatic carbocycles. The molecule has 0 radical (unpaired) electrons. The molecule has 144 valence electrons. The summed E-state index contributed by atoms with van der Waals surface area (Å²) in [6, 6.07) is 6.45. The number of aliphatic hydroxyl groups is 1. The Morgan fingerprint density at radius 2 is 2.04 bits per heavy atom. The van der Waals surface area contributed by atoms with Gasteiger partial charge in [0, 0.05) is 15.6 Å². The smallest absolute Gasteiger partial charge is 0.346 e. The number of esters is 1. The Kier molecular flexibility index (Phi) is 5.62. The largest absolute Gasteiger partial charge is 0.504 e. The van der Waals surface area contributed by atoms with E-state index in [1.54, 1.807) is 18.2 Å². The molecule has 0 aromatic heterocycles. The SMILES string of the molecule is COc1c(C(O)CC(C)C)ccc2c1C(=O)OCc1cc(Br)cc(O)c1O2. The third kappa shape index (κ3) is 3.89. The van der Waals surface area contributed by atoms with Gasteiger partial charge < -0.3 is 24.4 Å². The van der Waals surface area contributed by atoms with E-state index in [9.17, 15) is 15.0 Å². The number of hydrogen-bond acceptors (Lipinski definition) is 6. The molecule has 3 rings (SSSR count). The molecule has 0 aliphatic carbocycles. The second kappa shape index (κ2) is 7.78. The van der Waals surface area contributed by atoms with Crippen LogP contribution in [0, 0.1) is 5.92 Å². The van der Waals surface area contributed by atoms with Crippen LogP contribution in [0.2, 0.25) is 0 Å². The van der Waals surface area contributed by atoms with E-state index in [1.165, 1.54) is 13.2 Å². The number of halogens is 1. The van der Waals surface area contributed by atoms with Crippen molar-refractivity contribution in [1.29, 1.82) is 0 Å². The van der Waals surface area contributed by atoms with Crippen LogP contribution in [0.1, 0.15) is 47.9 Å². The van der Waals surface area contributed by atoms with Gasteiger partial charge in [-0.15, -0.1) is 0 Å². The van der Waals surface area contributed by atoms with Gasteiger partial charge in [0.25, 0.3) is 0 Å². The van der Waals surface area contributed by atoms with Gasteiger partial charge >= 0.3 is 5.97 Å². The van der Waals surface area contributed by atoms with Crippen LogP contribution in [0.5, 0.6) is 23.0 Å². The summed E-state index contributed by atoms with van der Waals surface area (Å²) in [6.07, 6.45) is -0.275. The number of benzene rings is 2. The summed E-state index contributed by atoms with van der Waals surface area (Å²) in [5.41, 5.74) is 1.11. The summed E-state index contributed by atoms with van der Waals surface area (Å²) in [6.45, 7) is 3.93. The lowest BCUT2D eigenvalue weighted by atomic mass is 9.96. The van der Waals surface area contributed by atoms with Crippen LogP contribution in [0.4, 0.5) is 0 Å². The number of carbonyl (C=O) groups excluding carboxylic acids is 1. The predicted molar refractivity (Wildman–Crippen MR) is 102 cm³/mol. The highest BCUT2D eigenvalue weighted by atomic mass is 79.9. The first-order chi connectivity index (χ1) is 12.8. The van der Waals surface area contributed by atoms with Crippen LogP contribution in [0.3, 0.4) is 0 Å². The van der Waals surface area contributed by atoms with Crippen molar-refractivity contribution in [3.8, 4) is 23.0 Å². The van der Waals surface area contributed by atoms with Gasteiger partial charge in [-0.1, -0.05) is 29.8 Å². The minimum Gasteiger partial charge on any atom is -0.504 e. The van der Waals surface area contributed by atoms with Gasteiger partial charge in [-0.2, -0.15) is 0 Å². The van der Waals surface area contributed by atoms with E-state index in [-0.39, 0.29) is 41.1 Å². The molecule has 0 saturated carbocycles. The van der Waals surface area contributed by atoms with Gasteiger partial charge in [0.1, 0.15) is 23.7 Å². The molecule has 0 fully saturated rings. The molecule has 2 N–H and O–H groups in total. The molecule has 0 amide bonds. The van der Waals surface area contributed by atoms with E-state index >= 15 is 0 Å². The Hall–Kier alpha value is -2.25. The molecule has 27 heavy (non-hydrogen) atoms. The zero-order valence-electron chi connectivity index (χ0n) is 15.3. The topological polar surface area (TPSA) is 85.2 Å². The Morgan fingerprint density at radius 1 is 1.30 bits per heavy atom. The van der Waals surface area contributed by atoms with Gasteiger partial charge in [0.15, 0.2) is 11.5 Å². The Bertz CT molecular complexity index is 877. The molecule has 2 aromatic rings. The molecule has 7 heteroatoms. The number of hydrogen-bond donors (Lipinski definition) is 2. The number of methoxy groups -OCH3 is 1. The number of phenolic OH excluding ortho intramolecular Hbond substituents is 1. The van der Waals surface area contributed by atoms with E-state index in [4.69, 9.17) is 14.2 Å². The monoisotopic (exact) mass is 436 g/mol. The number of fused-ring (bicyclic) bond motifs is 2. The summed E-state index contributed by atoms with van der Waals surface area (Å²) in [4.78, 5) is 12.7. The zero-order chi connectivity index (χ0) is 19.7. The Balaban J connectivity index is 2.13. The molecule has 1 aliphatic heterocycles. The minimum atomic E-state index is -0.792. The summed E-state index contributed by atoms with van der Waals surface area (Å²) in [7, 11) is 1.43. The van der Waals surface area contributed by atoms with Crippen molar-refractivity contribution in [2.75, 3.05) is 7.11 Å². The molecule has 0 saturated heterocycles. The number of rotatable bonds is 4. The van der Waals surface area contributed by atoms with Crippen LogP contribution >= 0.6 is 15.9 Å². The number of phenols is 1. The first-order valence-corrected chi connectivity index (χ1v) is 9.36. The van der Waals surface area contributed by atoms with E-state index in [1.807, 2.05) is 13.8 Å². The van der Waals surface area contributed by atoms with Crippen molar-refractivity contribution in [3.63, 3.8) is 0 Å². The minimum absolute atomic E-state index is 0.0669. The van der Waals surface area contributed by atoms with Crippen LogP contribution in [-0.2, 0) is 11.3 Å². The van der Waals surface area contributed by atoms with E-state index in [2.05, 4.69) is 15.9 Å². The van der Waals surface area contributed by atoms with Crippen molar-refractivity contribution in [1.82, 2.24) is 0 Å². The third-order valence-corrected chi connectivity index (χ3v) is 4.75. The summed E-state index contributed by atoms with van der Waals surface area (Å²) in [5, 5.41) is 20.8.